The number of hydrogen-bond donors (Lipinski definition) is 3. The molecule has 0 fully saturated rings. The minimum atomic E-state index is -4.40. The fourth-order valence-corrected chi connectivity index (χ4v) is 3.77. The predicted molar refractivity (Wildman–Crippen MR) is 105 cm³/mol. The molecule has 8 nitrogen and oxygen atoms in total. The number of nitrogens with two attached hydrogens (primary N) is 1. The summed E-state index contributed by atoms with van der Waals surface area (Å²) in [5.41, 5.74) is 4.18. The Morgan fingerprint density at radius 1 is 1.13 bits per heavy atom. The number of nitrogens with one attached hydrogen (secondary N) is 1. The fourth-order valence-electron chi connectivity index (χ4n) is 2.28. The van der Waals surface area contributed by atoms with Crippen molar-refractivity contribution in [2.75, 3.05) is 10.5 Å². The van der Waals surface area contributed by atoms with Gasteiger partial charge in [-0.3, -0.25) is 9.71 Å². The van der Waals surface area contributed by atoms with Crippen LogP contribution < -0.4 is 10.5 Å². The molecule has 0 bridgehead atoms. The van der Waals surface area contributed by atoms with E-state index in [1.165, 1.54) is 12.4 Å². The Morgan fingerprint density at radius 2 is 1.83 bits per heavy atom. The third-order valence-corrected chi connectivity index (χ3v) is 5.30. The van der Waals surface area contributed by atoms with Gasteiger partial charge < -0.3 is 10.8 Å². The van der Waals surface area contributed by atoms with E-state index in [-0.39, 0.29) is 22.2 Å². The van der Waals surface area contributed by atoms with Crippen molar-refractivity contribution in [2.24, 2.45) is 0 Å². The molecule has 0 saturated carbocycles. The first kappa shape index (κ1) is 21.4. The van der Waals surface area contributed by atoms with Crippen LogP contribution in [0.3, 0.4) is 0 Å². The largest absolute Gasteiger partial charge is 0.390 e. The van der Waals surface area contributed by atoms with Gasteiger partial charge in [0.15, 0.2) is 5.82 Å². The lowest BCUT2D eigenvalue weighted by atomic mass is 10.1. The first-order chi connectivity index (χ1) is 14.2. The van der Waals surface area contributed by atoms with Crippen molar-refractivity contribution in [3.05, 3.63) is 70.3 Å². The Morgan fingerprint density at radius 3 is 2.50 bits per heavy atom. The molecular weight excluding hydrogens is 440 g/mol. The smallest absolute Gasteiger partial charge is 0.263 e. The van der Waals surface area contributed by atoms with Crippen LogP contribution in [0.4, 0.5) is 20.4 Å². The average Bonchev–Trinajstić information content (AvgIpc) is 2.71. The van der Waals surface area contributed by atoms with E-state index in [4.69, 9.17) is 17.3 Å². The minimum absolute atomic E-state index is 0.00655. The zero-order chi connectivity index (χ0) is 21.9. The Labute approximate surface area is 174 Å². The minimum Gasteiger partial charge on any atom is -0.390 e. The first-order valence-electron chi connectivity index (χ1n) is 8.07. The SMILES string of the molecule is Nc1ncc(C#Cc2c(F)ccc(NS(=O)(=O)c3cc(Cl)cnc3CO)c2F)cn1. The summed E-state index contributed by atoms with van der Waals surface area (Å²) in [4.78, 5) is 10.7. The van der Waals surface area contributed by atoms with Gasteiger partial charge in [0, 0.05) is 18.6 Å². The van der Waals surface area contributed by atoms with Crippen molar-refractivity contribution < 1.29 is 22.3 Å². The summed E-state index contributed by atoms with van der Waals surface area (Å²) < 4.78 is 56.2. The Hall–Kier alpha value is -3.33. The highest BCUT2D eigenvalue weighted by Gasteiger charge is 2.23. The fraction of sp³-hybridized carbons (Fsp3) is 0.0556. The molecule has 3 rings (SSSR count). The van der Waals surface area contributed by atoms with Crippen LogP contribution >= 0.6 is 11.6 Å². The lowest BCUT2D eigenvalue weighted by Crippen LogP contribution is -2.17. The normalized spacial score (nSPS) is 10.9. The molecule has 0 saturated heterocycles. The standard InChI is InChI=1S/C18H12ClF2N5O3S/c19-11-5-16(15(9-27)23-8-11)30(28,29)26-14-4-3-13(20)12(17(14)21)2-1-10-6-24-18(22)25-7-10/h3-8,26-27H,9H2,(H2,22,24,25). The summed E-state index contributed by atoms with van der Waals surface area (Å²) in [7, 11) is -4.40. The zero-order valence-corrected chi connectivity index (χ0v) is 16.5. The van der Waals surface area contributed by atoms with Crippen molar-refractivity contribution in [1.29, 1.82) is 0 Å². The van der Waals surface area contributed by atoms with Crippen LogP contribution in [0.1, 0.15) is 16.8 Å². The molecule has 0 atom stereocenters. The molecule has 0 spiro atoms. The quantitative estimate of drug-likeness (QED) is 0.517. The van der Waals surface area contributed by atoms with Crippen molar-refractivity contribution in [3.8, 4) is 11.8 Å². The zero-order valence-electron chi connectivity index (χ0n) is 14.9. The number of nitrogen functional groups attached to an aromatic ring is 1. The number of aromatic nitrogens is 3. The molecule has 12 heteroatoms. The van der Waals surface area contributed by atoms with E-state index in [0.29, 0.717) is 0 Å². The third-order valence-electron chi connectivity index (χ3n) is 3.68. The molecule has 0 unspecified atom stereocenters. The summed E-state index contributed by atoms with van der Waals surface area (Å²) in [6.45, 7) is -0.695. The number of aliphatic hydroxyl groups is 1. The molecule has 3 aromatic rings. The van der Waals surface area contributed by atoms with Crippen molar-refractivity contribution >= 4 is 33.3 Å². The number of benzene rings is 1. The highest BCUT2D eigenvalue weighted by molar-refractivity contribution is 7.92. The lowest BCUT2D eigenvalue weighted by molar-refractivity contribution is 0.273. The van der Waals surface area contributed by atoms with Crippen LogP contribution in [0.5, 0.6) is 0 Å². The molecular formula is C18H12ClF2N5O3S. The van der Waals surface area contributed by atoms with Crippen LogP contribution in [0.25, 0.3) is 0 Å². The predicted octanol–water partition coefficient (Wildman–Crippen LogP) is 2.08. The van der Waals surface area contributed by atoms with Crippen LogP contribution in [0.15, 0.2) is 41.7 Å². The van der Waals surface area contributed by atoms with Gasteiger partial charge in [-0.05, 0) is 18.2 Å². The maximum Gasteiger partial charge on any atom is 0.263 e. The van der Waals surface area contributed by atoms with E-state index in [2.05, 4.69) is 26.8 Å². The Kier molecular flexibility index (Phi) is 6.12. The number of anilines is 2. The van der Waals surface area contributed by atoms with E-state index in [1.807, 2.05) is 4.72 Å². The van der Waals surface area contributed by atoms with E-state index in [1.54, 1.807) is 0 Å². The number of pyridine rings is 1. The van der Waals surface area contributed by atoms with Crippen LogP contribution in [-0.2, 0) is 16.6 Å². The second-order valence-electron chi connectivity index (χ2n) is 5.73. The summed E-state index contributed by atoms with van der Waals surface area (Å²) in [5.74, 6) is 2.53. The molecule has 0 radical (unpaired) electrons. The summed E-state index contributed by atoms with van der Waals surface area (Å²) >= 11 is 5.77. The maximum atomic E-state index is 14.8. The number of sulfonamides is 1. The maximum absolute atomic E-state index is 14.8. The number of nitrogens with zero attached hydrogens (tertiary/aromatic N) is 3. The molecule has 0 aliphatic heterocycles. The molecule has 2 aromatic heterocycles. The van der Waals surface area contributed by atoms with Gasteiger partial charge in [-0.15, -0.1) is 0 Å². The van der Waals surface area contributed by atoms with E-state index >= 15 is 0 Å². The van der Waals surface area contributed by atoms with Crippen molar-refractivity contribution in [3.63, 3.8) is 0 Å². The van der Waals surface area contributed by atoms with Gasteiger partial charge in [0.2, 0.25) is 5.95 Å². The molecule has 0 amide bonds. The van der Waals surface area contributed by atoms with E-state index in [0.717, 1.165) is 24.4 Å². The first-order valence-corrected chi connectivity index (χ1v) is 9.93. The molecule has 154 valence electrons. The third kappa shape index (κ3) is 4.62. The van der Waals surface area contributed by atoms with Gasteiger partial charge in [0.05, 0.1) is 34.1 Å². The van der Waals surface area contributed by atoms with Gasteiger partial charge in [-0.25, -0.2) is 27.2 Å². The van der Waals surface area contributed by atoms with Crippen LogP contribution in [0.2, 0.25) is 5.02 Å². The van der Waals surface area contributed by atoms with Gasteiger partial charge in [-0.1, -0.05) is 23.4 Å². The van der Waals surface area contributed by atoms with Crippen LogP contribution in [0, 0.1) is 23.5 Å². The molecule has 1 aromatic carbocycles. The van der Waals surface area contributed by atoms with Gasteiger partial charge in [0.25, 0.3) is 10.0 Å². The topological polar surface area (TPSA) is 131 Å². The van der Waals surface area contributed by atoms with Crippen molar-refractivity contribution in [2.45, 2.75) is 11.5 Å². The molecule has 0 aliphatic rings. The molecule has 4 N–H and O–H groups in total. The monoisotopic (exact) mass is 451 g/mol. The summed E-state index contributed by atoms with van der Waals surface area (Å²) in [5, 5.41) is 9.30. The van der Waals surface area contributed by atoms with Crippen molar-refractivity contribution in [1.82, 2.24) is 15.0 Å². The Balaban J connectivity index is 2.00. The highest BCUT2D eigenvalue weighted by atomic mass is 35.5. The van der Waals surface area contributed by atoms with Gasteiger partial charge >= 0.3 is 0 Å². The number of aliphatic hydroxyl groups excluding tert-OH is 1. The second kappa shape index (κ2) is 8.58. The highest BCUT2D eigenvalue weighted by Crippen LogP contribution is 2.26. The molecule has 2 heterocycles. The van der Waals surface area contributed by atoms with Crippen LogP contribution in [-0.4, -0.2) is 28.5 Å². The van der Waals surface area contributed by atoms with Gasteiger partial charge in [-0.2, -0.15) is 0 Å². The lowest BCUT2D eigenvalue weighted by Gasteiger charge is -2.12. The average molecular weight is 452 g/mol. The summed E-state index contributed by atoms with van der Waals surface area (Å²) in [6.07, 6.45) is 3.68. The number of hydrogen-bond acceptors (Lipinski definition) is 7. The number of halogens is 3. The van der Waals surface area contributed by atoms with E-state index in [9.17, 15) is 22.3 Å². The van der Waals surface area contributed by atoms with E-state index < -0.39 is 44.4 Å². The second-order valence-corrected chi connectivity index (χ2v) is 7.81. The van der Waals surface area contributed by atoms with Gasteiger partial charge in [0.1, 0.15) is 10.7 Å². The molecule has 30 heavy (non-hydrogen) atoms. The Bertz CT molecular complexity index is 1280. The molecule has 0 aliphatic carbocycles. The summed E-state index contributed by atoms with van der Waals surface area (Å²) in [6, 6.07) is 2.80. The number of rotatable bonds is 4.